The first-order valence-corrected chi connectivity index (χ1v) is 18.3. The Bertz CT molecular complexity index is 840. The van der Waals surface area contributed by atoms with Gasteiger partial charge in [-0.15, -0.1) is 0 Å². The van der Waals surface area contributed by atoms with E-state index < -0.39 is 12.5 Å². The molecular weight excluding hydrogens is 618 g/mol. The maximum atomic E-state index is 14.2. The monoisotopic (exact) mass is 678 g/mol. The smallest absolute Gasteiger partial charge is 0.253 e. The Balaban J connectivity index is 0.00000121. The Hall–Kier alpha value is -0.390. The van der Waals surface area contributed by atoms with Crippen molar-refractivity contribution in [2.24, 2.45) is 23.7 Å². The summed E-state index contributed by atoms with van der Waals surface area (Å²) in [4.78, 5) is 16.6. The summed E-state index contributed by atoms with van der Waals surface area (Å²) in [6, 6.07) is -0.290. The molecule has 3 aliphatic carbocycles. The highest BCUT2D eigenvalue weighted by Gasteiger charge is 2.54. The topological polar surface area (TPSA) is 88.1 Å². The average molecular weight is 680 g/mol. The Morgan fingerprint density at radius 1 is 1.00 bits per heavy atom. The second-order valence-corrected chi connectivity index (χ2v) is 14.6. The van der Waals surface area contributed by atoms with Crippen LogP contribution >= 0.6 is 15.9 Å². The molecule has 2 saturated heterocycles. The number of alkyl halides is 3. The average Bonchev–Trinajstić information content (AvgIpc) is 3.81. The summed E-state index contributed by atoms with van der Waals surface area (Å²) in [6.07, 6.45) is 9.33. The van der Waals surface area contributed by atoms with Crippen LogP contribution in [0.4, 0.5) is 8.78 Å². The molecule has 5 fully saturated rings. The van der Waals surface area contributed by atoms with Gasteiger partial charge in [-0.1, -0.05) is 50.0 Å². The van der Waals surface area contributed by atoms with Crippen molar-refractivity contribution >= 4 is 21.8 Å². The molecule has 1 amide bonds. The van der Waals surface area contributed by atoms with Gasteiger partial charge in [-0.25, -0.2) is 13.8 Å². The normalized spacial score (nSPS) is 38.8. The standard InChI is InChI=1S/C30H51BrF2N4O2.C2H6.CH4O/c1-4-6-22-28-24(5-2)36(30(39)21-11-10-20(31)16-23(21)34-17(3)29(32)33)14-13-26(28)37(35-22)25-12-9-19(15-27(25)38)18-7-8-18;2*1-2/h17-29,34-35,38H,4-16H2,1-3H3;1-2H3;2H,1H3/t17?,19?,20?,21?,22?,23?,24-,25?,26?,27?,28?;;/m0../s1. The molecule has 4 N–H and O–H groups in total. The van der Waals surface area contributed by atoms with Crippen molar-refractivity contribution in [1.29, 1.82) is 0 Å². The van der Waals surface area contributed by atoms with Crippen LogP contribution < -0.4 is 10.7 Å². The van der Waals surface area contributed by atoms with Crippen LogP contribution in [0.1, 0.15) is 112 Å². The van der Waals surface area contributed by atoms with Gasteiger partial charge in [-0.3, -0.25) is 10.2 Å². The number of rotatable bonds is 9. The van der Waals surface area contributed by atoms with Crippen molar-refractivity contribution in [3.8, 4) is 0 Å². The third kappa shape index (κ3) is 8.70. The molecule has 43 heavy (non-hydrogen) atoms. The van der Waals surface area contributed by atoms with Gasteiger partial charge in [-0.05, 0) is 89.4 Å². The highest BCUT2D eigenvalue weighted by molar-refractivity contribution is 9.09. The third-order valence-electron chi connectivity index (χ3n) is 10.8. The number of carbonyl (C=O) groups is 1. The van der Waals surface area contributed by atoms with Crippen LogP contribution in [0, 0.1) is 23.7 Å². The predicted octanol–water partition coefficient (Wildman–Crippen LogP) is 5.72. The Morgan fingerprint density at radius 2 is 1.67 bits per heavy atom. The fraction of sp³-hybridized carbons (Fsp3) is 0.970. The number of fused-ring (bicyclic) bond motifs is 1. The van der Waals surface area contributed by atoms with Gasteiger partial charge in [0.2, 0.25) is 5.91 Å². The molecule has 5 rings (SSSR count). The summed E-state index contributed by atoms with van der Waals surface area (Å²) in [6.45, 7) is 10.6. The molecule has 7 nitrogen and oxygen atoms in total. The van der Waals surface area contributed by atoms with E-state index in [4.69, 9.17) is 5.11 Å². The SMILES string of the molecule is CC.CCCC1NN(C2CCC(C3CC3)CC2O)C2CCN(C(=O)C3CCC(Br)CC3NC(C)C(F)F)[C@@H](CC)C12.CO. The van der Waals surface area contributed by atoms with Crippen LogP contribution in [0.15, 0.2) is 0 Å². The zero-order chi connectivity index (χ0) is 31.8. The lowest BCUT2D eigenvalue weighted by Crippen LogP contribution is -2.61. The minimum Gasteiger partial charge on any atom is -0.400 e. The molecule has 252 valence electrons. The van der Waals surface area contributed by atoms with E-state index in [9.17, 15) is 18.7 Å². The number of nitrogens with one attached hydrogen (secondary N) is 2. The number of piperidine rings is 1. The number of likely N-dealkylation sites (tertiary alicyclic amines) is 1. The second-order valence-electron chi connectivity index (χ2n) is 13.3. The zero-order valence-corrected chi connectivity index (χ0v) is 29.1. The highest BCUT2D eigenvalue weighted by atomic mass is 79.9. The molecule has 3 saturated carbocycles. The second kappa shape index (κ2) is 17.5. The van der Waals surface area contributed by atoms with Crippen molar-refractivity contribution in [3.63, 3.8) is 0 Å². The number of amides is 1. The Labute approximate surface area is 268 Å². The first kappa shape index (κ1) is 37.1. The lowest BCUT2D eigenvalue weighted by molar-refractivity contribution is -0.145. The summed E-state index contributed by atoms with van der Waals surface area (Å²) in [5.41, 5.74) is 3.88. The van der Waals surface area contributed by atoms with Crippen LogP contribution in [0.2, 0.25) is 0 Å². The largest absolute Gasteiger partial charge is 0.400 e. The van der Waals surface area contributed by atoms with Gasteiger partial charge in [0.05, 0.1) is 24.1 Å². The number of aliphatic hydroxyl groups is 2. The van der Waals surface area contributed by atoms with Gasteiger partial charge in [0.1, 0.15) is 0 Å². The van der Waals surface area contributed by atoms with Gasteiger partial charge in [0.25, 0.3) is 6.43 Å². The Kier molecular flexibility index (Phi) is 15.1. The van der Waals surface area contributed by atoms with E-state index in [2.05, 4.69) is 50.4 Å². The zero-order valence-electron chi connectivity index (χ0n) is 27.5. The molecule has 11 atom stereocenters. The van der Waals surface area contributed by atoms with E-state index in [0.29, 0.717) is 36.9 Å². The van der Waals surface area contributed by atoms with E-state index in [1.807, 2.05) is 13.8 Å². The molecule has 0 spiro atoms. The van der Waals surface area contributed by atoms with E-state index in [1.165, 1.54) is 26.2 Å². The van der Waals surface area contributed by atoms with Gasteiger partial charge >= 0.3 is 0 Å². The maximum Gasteiger partial charge on any atom is 0.253 e. The molecule has 0 aromatic rings. The lowest BCUT2D eigenvalue weighted by atomic mass is 9.75. The van der Waals surface area contributed by atoms with E-state index in [1.54, 1.807) is 0 Å². The molecule has 5 aliphatic rings. The van der Waals surface area contributed by atoms with Gasteiger partial charge in [0.15, 0.2) is 0 Å². The molecule has 0 bridgehead atoms. The van der Waals surface area contributed by atoms with E-state index in [0.717, 1.165) is 64.4 Å². The summed E-state index contributed by atoms with van der Waals surface area (Å²) < 4.78 is 26.9. The summed E-state index contributed by atoms with van der Waals surface area (Å²) in [5, 5.41) is 23.8. The van der Waals surface area contributed by atoms with E-state index >= 15 is 0 Å². The molecule has 2 aliphatic heterocycles. The van der Waals surface area contributed by atoms with Crippen LogP contribution in [0.5, 0.6) is 0 Å². The quantitative estimate of drug-likeness (QED) is 0.234. The summed E-state index contributed by atoms with van der Waals surface area (Å²) >= 11 is 3.69. The number of aliphatic hydroxyl groups excluding tert-OH is 2. The predicted molar refractivity (Wildman–Crippen MR) is 173 cm³/mol. The summed E-state index contributed by atoms with van der Waals surface area (Å²) in [7, 11) is 1.00. The van der Waals surface area contributed by atoms with E-state index in [-0.39, 0.29) is 40.9 Å². The highest BCUT2D eigenvalue weighted by Crippen LogP contribution is 2.47. The molecule has 2 heterocycles. The lowest BCUT2D eigenvalue weighted by Gasteiger charge is -2.49. The molecule has 0 aromatic carbocycles. The molecule has 10 heteroatoms. The maximum absolute atomic E-state index is 14.2. The number of halogens is 3. The number of hydrogen-bond donors (Lipinski definition) is 4. The Morgan fingerprint density at radius 3 is 2.26 bits per heavy atom. The molecule has 10 unspecified atom stereocenters. The first-order valence-electron chi connectivity index (χ1n) is 17.4. The van der Waals surface area contributed by atoms with Crippen molar-refractivity contribution in [2.45, 2.75) is 165 Å². The molecule has 0 aromatic heterocycles. The summed E-state index contributed by atoms with van der Waals surface area (Å²) in [5.74, 6) is 1.73. The van der Waals surface area contributed by atoms with Crippen LogP contribution in [-0.4, -0.2) is 93.3 Å². The molecular formula is C33H61BrF2N4O3. The van der Waals surface area contributed by atoms with Crippen molar-refractivity contribution in [3.05, 3.63) is 0 Å². The minimum atomic E-state index is -2.45. The van der Waals surface area contributed by atoms with Gasteiger partial charge in [0, 0.05) is 48.6 Å². The number of nitrogens with zero attached hydrogens (tertiary/aromatic N) is 2. The van der Waals surface area contributed by atoms with Crippen LogP contribution in [0.3, 0.4) is 0 Å². The van der Waals surface area contributed by atoms with Crippen molar-refractivity contribution < 1.29 is 23.8 Å². The molecule has 0 radical (unpaired) electrons. The first-order chi connectivity index (χ1) is 20.7. The fourth-order valence-corrected chi connectivity index (χ4v) is 9.38. The van der Waals surface area contributed by atoms with Gasteiger partial charge in [-0.2, -0.15) is 0 Å². The van der Waals surface area contributed by atoms with Crippen LogP contribution in [0.25, 0.3) is 0 Å². The van der Waals surface area contributed by atoms with Crippen molar-refractivity contribution in [2.75, 3.05) is 13.7 Å². The fourth-order valence-electron chi connectivity index (χ4n) is 8.71. The number of hydrogen-bond acceptors (Lipinski definition) is 6. The van der Waals surface area contributed by atoms with Crippen molar-refractivity contribution in [1.82, 2.24) is 20.7 Å². The number of hydrazine groups is 1. The number of carbonyl (C=O) groups excluding carboxylic acids is 1. The third-order valence-corrected chi connectivity index (χ3v) is 11.7. The van der Waals surface area contributed by atoms with Gasteiger partial charge < -0.3 is 20.4 Å². The van der Waals surface area contributed by atoms with Crippen LogP contribution in [-0.2, 0) is 4.79 Å². The minimum absolute atomic E-state index is 0.125.